The number of hydrogen-bond acceptors (Lipinski definition) is 2. The zero-order valence-electron chi connectivity index (χ0n) is 9.96. The molecule has 88 valence electrons. The molecule has 0 radical (unpaired) electrons. The van der Waals surface area contributed by atoms with E-state index in [2.05, 4.69) is 18.8 Å². The first-order chi connectivity index (χ1) is 7.15. The van der Waals surface area contributed by atoms with E-state index in [-0.39, 0.29) is 18.0 Å². The lowest BCUT2D eigenvalue weighted by molar-refractivity contribution is -0.123. The summed E-state index contributed by atoms with van der Waals surface area (Å²) in [7, 11) is 0. The minimum Gasteiger partial charge on any atom is -0.352 e. The van der Waals surface area contributed by atoms with Crippen LogP contribution in [0.2, 0.25) is 0 Å². The highest BCUT2D eigenvalue weighted by molar-refractivity contribution is 5.81. The highest BCUT2D eigenvalue weighted by atomic mass is 16.2. The van der Waals surface area contributed by atoms with Crippen LogP contribution in [0.25, 0.3) is 0 Å². The summed E-state index contributed by atoms with van der Waals surface area (Å²) in [5.41, 5.74) is 5.73. The molecule has 0 aromatic rings. The van der Waals surface area contributed by atoms with Crippen LogP contribution in [-0.4, -0.2) is 18.0 Å². The molecule has 0 spiro atoms. The third kappa shape index (κ3) is 6.28. The average Bonchev–Trinajstić information content (AvgIpc) is 2.18. The van der Waals surface area contributed by atoms with Gasteiger partial charge >= 0.3 is 0 Å². The second kappa shape index (κ2) is 8.48. The maximum Gasteiger partial charge on any atom is 0.237 e. The fraction of sp³-hybridized carbons (Fsp3) is 0.750. The van der Waals surface area contributed by atoms with E-state index < -0.39 is 0 Å². The first-order valence-corrected chi connectivity index (χ1v) is 5.82. The molecule has 15 heavy (non-hydrogen) atoms. The molecule has 0 aromatic carbocycles. The average molecular weight is 212 g/mol. The number of hydrogen-bond donors (Lipinski definition) is 2. The van der Waals surface area contributed by atoms with Crippen molar-refractivity contribution >= 4 is 5.91 Å². The van der Waals surface area contributed by atoms with Crippen molar-refractivity contribution in [2.45, 2.75) is 58.0 Å². The van der Waals surface area contributed by atoms with Gasteiger partial charge < -0.3 is 11.1 Å². The van der Waals surface area contributed by atoms with Crippen LogP contribution < -0.4 is 11.1 Å². The Morgan fingerprint density at radius 1 is 1.40 bits per heavy atom. The van der Waals surface area contributed by atoms with E-state index in [0.717, 1.165) is 32.1 Å². The van der Waals surface area contributed by atoms with Crippen LogP contribution in [-0.2, 0) is 4.79 Å². The molecule has 1 amide bonds. The molecular weight excluding hydrogens is 188 g/mol. The lowest BCUT2D eigenvalue weighted by Gasteiger charge is -2.19. The van der Waals surface area contributed by atoms with Crippen molar-refractivity contribution in [2.75, 3.05) is 0 Å². The molecule has 0 saturated heterocycles. The van der Waals surface area contributed by atoms with Crippen LogP contribution in [0, 0.1) is 0 Å². The zero-order chi connectivity index (χ0) is 11.7. The fourth-order valence-corrected chi connectivity index (χ4v) is 1.55. The third-order valence-electron chi connectivity index (χ3n) is 2.37. The van der Waals surface area contributed by atoms with Gasteiger partial charge in [-0.05, 0) is 19.3 Å². The Bertz CT molecular complexity index is 192. The minimum absolute atomic E-state index is 0.0304. The maximum absolute atomic E-state index is 11.6. The van der Waals surface area contributed by atoms with Crippen LogP contribution in [0.3, 0.4) is 0 Å². The number of nitrogens with two attached hydrogens (primary N) is 1. The summed E-state index contributed by atoms with van der Waals surface area (Å²) in [6.45, 7) is 7.82. The predicted octanol–water partition coefficient (Wildman–Crippen LogP) is 1.97. The monoisotopic (exact) mass is 212 g/mol. The van der Waals surface area contributed by atoms with Crippen molar-refractivity contribution in [1.82, 2.24) is 5.32 Å². The molecule has 0 aliphatic rings. The van der Waals surface area contributed by atoms with E-state index in [1.807, 2.05) is 13.0 Å². The van der Waals surface area contributed by atoms with E-state index in [4.69, 9.17) is 5.73 Å². The molecule has 0 rings (SSSR count). The predicted molar refractivity (Wildman–Crippen MR) is 64.5 cm³/mol. The molecule has 0 heterocycles. The fourth-order valence-electron chi connectivity index (χ4n) is 1.55. The van der Waals surface area contributed by atoms with Crippen LogP contribution >= 0.6 is 0 Å². The van der Waals surface area contributed by atoms with Crippen molar-refractivity contribution in [2.24, 2.45) is 5.73 Å². The van der Waals surface area contributed by atoms with E-state index in [1.54, 1.807) is 0 Å². The van der Waals surface area contributed by atoms with Gasteiger partial charge in [0.05, 0.1) is 6.04 Å². The van der Waals surface area contributed by atoms with Gasteiger partial charge in [0.1, 0.15) is 0 Å². The molecule has 0 unspecified atom stereocenters. The largest absolute Gasteiger partial charge is 0.352 e. The van der Waals surface area contributed by atoms with Crippen LogP contribution in [0.5, 0.6) is 0 Å². The van der Waals surface area contributed by atoms with Gasteiger partial charge in [-0.1, -0.05) is 32.8 Å². The molecule has 0 aromatic heterocycles. The third-order valence-corrected chi connectivity index (χ3v) is 2.37. The molecule has 2 atom stereocenters. The van der Waals surface area contributed by atoms with Gasteiger partial charge in [-0.15, -0.1) is 6.58 Å². The summed E-state index contributed by atoms with van der Waals surface area (Å²) < 4.78 is 0. The van der Waals surface area contributed by atoms with Crippen molar-refractivity contribution in [3.8, 4) is 0 Å². The highest BCUT2D eigenvalue weighted by Crippen LogP contribution is 2.03. The normalized spacial score (nSPS) is 14.3. The summed E-state index contributed by atoms with van der Waals surface area (Å²) in [4.78, 5) is 11.6. The topological polar surface area (TPSA) is 55.1 Å². The molecule has 0 bridgehead atoms. The summed E-state index contributed by atoms with van der Waals surface area (Å²) in [5.74, 6) is -0.0304. The van der Waals surface area contributed by atoms with Crippen molar-refractivity contribution < 1.29 is 4.79 Å². The summed E-state index contributed by atoms with van der Waals surface area (Å²) >= 11 is 0. The second-order valence-corrected chi connectivity index (χ2v) is 3.91. The van der Waals surface area contributed by atoms with E-state index >= 15 is 0 Å². The molecule has 3 nitrogen and oxygen atoms in total. The molecular formula is C12H24N2O. The van der Waals surface area contributed by atoms with Crippen molar-refractivity contribution in [3.05, 3.63) is 12.7 Å². The molecule has 0 aliphatic carbocycles. The number of carbonyl (C=O) groups excluding carboxylic acids is 1. The second-order valence-electron chi connectivity index (χ2n) is 3.91. The highest BCUT2D eigenvalue weighted by Gasteiger charge is 2.15. The smallest absolute Gasteiger partial charge is 0.237 e. The SMILES string of the molecule is C=CC[C@@H](CCC)NC(=O)[C@@H](N)CCC. The Morgan fingerprint density at radius 3 is 2.47 bits per heavy atom. The standard InChI is InChI=1S/C12H24N2O/c1-4-7-10(8-5-2)14-12(15)11(13)9-6-3/h4,10-11H,1,5-9,13H2,2-3H3,(H,14,15)/t10-,11-/m0/s1. The first-order valence-electron chi connectivity index (χ1n) is 5.82. The van der Waals surface area contributed by atoms with Crippen LogP contribution in [0.4, 0.5) is 0 Å². The van der Waals surface area contributed by atoms with E-state index in [0.29, 0.717) is 0 Å². The maximum atomic E-state index is 11.6. The van der Waals surface area contributed by atoms with Crippen LogP contribution in [0.15, 0.2) is 12.7 Å². The number of rotatable bonds is 8. The zero-order valence-corrected chi connectivity index (χ0v) is 9.96. The summed E-state index contributed by atoms with van der Waals surface area (Å²) in [6, 6.07) is -0.165. The molecule has 3 heteroatoms. The van der Waals surface area contributed by atoms with Gasteiger partial charge in [0.2, 0.25) is 5.91 Å². The molecule has 0 saturated carbocycles. The van der Waals surface area contributed by atoms with E-state index in [9.17, 15) is 4.79 Å². The summed E-state index contributed by atoms with van der Waals surface area (Å²) in [5, 5.41) is 2.97. The Kier molecular flexibility index (Phi) is 8.01. The first kappa shape index (κ1) is 14.2. The number of nitrogens with one attached hydrogen (secondary N) is 1. The van der Waals surface area contributed by atoms with Gasteiger partial charge in [0.25, 0.3) is 0 Å². The lowest BCUT2D eigenvalue weighted by atomic mass is 10.1. The Labute approximate surface area is 93.1 Å². The minimum atomic E-state index is -0.362. The van der Waals surface area contributed by atoms with Gasteiger partial charge in [0, 0.05) is 6.04 Å². The van der Waals surface area contributed by atoms with Crippen molar-refractivity contribution in [3.63, 3.8) is 0 Å². The quantitative estimate of drug-likeness (QED) is 0.604. The molecule has 3 N–H and O–H groups in total. The summed E-state index contributed by atoms with van der Waals surface area (Å²) in [6.07, 6.45) is 6.38. The molecule has 0 aliphatic heterocycles. The number of carbonyl (C=O) groups is 1. The van der Waals surface area contributed by atoms with Crippen molar-refractivity contribution in [1.29, 1.82) is 0 Å². The van der Waals surface area contributed by atoms with Crippen LogP contribution in [0.1, 0.15) is 46.0 Å². The Balaban J connectivity index is 4.02. The molecule has 0 fully saturated rings. The Hall–Kier alpha value is -0.830. The van der Waals surface area contributed by atoms with Gasteiger partial charge in [0.15, 0.2) is 0 Å². The van der Waals surface area contributed by atoms with Gasteiger partial charge in [-0.25, -0.2) is 0 Å². The number of amides is 1. The Morgan fingerprint density at radius 2 is 2.00 bits per heavy atom. The van der Waals surface area contributed by atoms with E-state index in [1.165, 1.54) is 0 Å². The van der Waals surface area contributed by atoms with Gasteiger partial charge in [-0.2, -0.15) is 0 Å². The van der Waals surface area contributed by atoms with Gasteiger partial charge in [-0.3, -0.25) is 4.79 Å². The lowest BCUT2D eigenvalue weighted by Crippen LogP contribution is -2.45.